The van der Waals surface area contributed by atoms with Gasteiger partial charge < -0.3 is 14.8 Å². The quantitative estimate of drug-likeness (QED) is 0.465. The zero-order chi connectivity index (χ0) is 24.9. The second-order valence-corrected chi connectivity index (χ2v) is 12.2. The molecule has 1 amide bonds. The first-order valence-electron chi connectivity index (χ1n) is 13.1. The Bertz CT molecular complexity index is 1150. The number of carbonyl (C=O) groups is 2. The number of anilines is 1. The van der Waals surface area contributed by atoms with Gasteiger partial charge in [0.25, 0.3) is 0 Å². The third-order valence-electron chi connectivity index (χ3n) is 8.61. The number of hydrogen-bond acceptors (Lipinski definition) is 5. The number of esters is 1. The number of nitrogens with one attached hydrogen (secondary N) is 1. The number of carbonyl (C=O) groups excluding carboxylic acids is 2. The fraction of sp³-hybridized carbons (Fsp3) is 0.586. The maximum Gasteiger partial charge on any atom is 0.341 e. The first kappa shape index (κ1) is 24.4. The number of thiophene rings is 1. The van der Waals surface area contributed by atoms with Gasteiger partial charge in [0.05, 0.1) is 19.3 Å². The molecule has 6 heteroatoms. The molecular formula is C29H37NO4S. The number of ether oxygens (including phenoxy) is 2. The normalized spacial score (nSPS) is 26.4. The Morgan fingerprint density at radius 1 is 1.26 bits per heavy atom. The van der Waals surface area contributed by atoms with E-state index in [-0.39, 0.29) is 23.2 Å². The molecule has 0 radical (unpaired) electrons. The highest BCUT2D eigenvalue weighted by molar-refractivity contribution is 7.17. The standard InChI is InChI=1S/C29H37NO4S/c1-6-34-28(32)25-26-23(35-27(25)30-24(31)13-16(2)3)15-22-21-9-7-17-14-18(33-5)8-10-19(17)20(21)11-12-29(22,26)4/h8,10,14,16,20-22H,6-7,9,11-13,15H2,1-5H3,(H,30,31)/t20-,21+,22-,29-/m1/s1. The molecule has 188 valence electrons. The maximum atomic E-state index is 13.2. The Morgan fingerprint density at radius 2 is 2.06 bits per heavy atom. The predicted molar refractivity (Wildman–Crippen MR) is 140 cm³/mol. The number of fused-ring (bicyclic) bond motifs is 7. The molecule has 0 aliphatic heterocycles. The van der Waals surface area contributed by atoms with E-state index in [9.17, 15) is 9.59 Å². The molecule has 1 N–H and O–H groups in total. The van der Waals surface area contributed by atoms with Gasteiger partial charge in [-0.15, -0.1) is 11.3 Å². The van der Waals surface area contributed by atoms with Crippen LogP contribution >= 0.6 is 11.3 Å². The van der Waals surface area contributed by atoms with Crippen molar-refractivity contribution in [3.8, 4) is 5.75 Å². The molecule has 5 nitrogen and oxygen atoms in total. The number of methoxy groups -OCH3 is 1. The van der Waals surface area contributed by atoms with E-state index >= 15 is 0 Å². The Balaban J connectivity index is 1.49. The van der Waals surface area contributed by atoms with E-state index in [2.05, 4.69) is 30.4 Å². The monoisotopic (exact) mass is 495 g/mol. The Kier molecular flexibility index (Phi) is 6.45. The fourth-order valence-electron chi connectivity index (χ4n) is 7.15. The molecule has 1 aromatic heterocycles. The van der Waals surface area contributed by atoms with E-state index in [1.807, 2.05) is 20.8 Å². The summed E-state index contributed by atoms with van der Waals surface area (Å²) in [5.74, 6) is 2.55. The second kappa shape index (κ2) is 9.27. The minimum absolute atomic E-state index is 0.0322. The average Bonchev–Trinajstić information content (AvgIpc) is 3.31. The minimum atomic E-state index is -0.296. The van der Waals surface area contributed by atoms with Crippen LogP contribution in [0.2, 0.25) is 0 Å². The molecule has 4 atom stereocenters. The predicted octanol–water partition coefficient (Wildman–Crippen LogP) is 6.49. The van der Waals surface area contributed by atoms with Gasteiger partial charge in [0.2, 0.25) is 5.91 Å². The smallest absolute Gasteiger partial charge is 0.341 e. The lowest BCUT2D eigenvalue weighted by molar-refractivity contribution is -0.116. The van der Waals surface area contributed by atoms with E-state index in [4.69, 9.17) is 9.47 Å². The molecule has 1 heterocycles. The van der Waals surface area contributed by atoms with Crippen molar-refractivity contribution in [1.82, 2.24) is 0 Å². The van der Waals surface area contributed by atoms with Gasteiger partial charge in [-0.05, 0) is 96.9 Å². The van der Waals surface area contributed by atoms with Gasteiger partial charge in [-0.1, -0.05) is 26.8 Å². The average molecular weight is 496 g/mol. The van der Waals surface area contributed by atoms with Gasteiger partial charge in [-0.2, -0.15) is 0 Å². The van der Waals surface area contributed by atoms with Crippen LogP contribution in [0.25, 0.3) is 0 Å². The van der Waals surface area contributed by atoms with Crippen LogP contribution in [0.1, 0.15) is 91.2 Å². The van der Waals surface area contributed by atoms with Crippen LogP contribution in [-0.4, -0.2) is 25.6 Å². The van der Waals surface area contributed by atoms with Crippen molar-refractivity contribution < 1.29 is 19.1 Å². The largest absolute Gasteiger partial charge is 0.497 e. The summed E-state index contributed by atoms with van der Waals surface area (Å²) in [6.45, 7) is 8.59. The molecule has 3 aliphatic rings. The number of benzene rings is 1. The molecule has 1 aromatic carbocycles. The molecule has 0 spiro atoms. The van der Waals surface area contributed by atoms with Crippen LogP contribution in [0.4, 0.5) is 5.00 Å². The van der Waals surface area contributed by atoms with Gasteiger partial charge in [0.15, 0.2) is 0 Å². The zero-order valence-corrected chi connectivity index (χ0v) is 22.3. The van der Waals surface area contributed by atoms with E-state index in [1.165, 1.54) is 22.4 Å². The van der Waals surface area contributed by atoms with Crippen molar-refractivity contribution in [2.24, 2.45) is 17.8 Å². The van der Waals surface area contributed by atoms with Crippen molar-refractivity contribution in [3.05, 3.63) is 45.3 Å². The first-order chi connectivity index (χ1) is 16.8. The van der Waals surface area contributed by atoms with E-state index in [0.29, 0.717) is 41.3 Å². The van der Waals surface area contributed by atoms with Gasteiger partial charge in [-0.25, -0.2) is 4.79 Å². The van der Waals surface area contributed by atoms with Crippen molar-refractivity contribution in [3.63, 3.8) is 0 Å². The SMILES string of the molecule is CCOC(=O)c1c(NC(=O)CC(C)C)sc2c1[C@]1(C)CC[C@@H]3c4ccc(OC)cc4CC[C@@H]3[C@H]1C2. The van der Waals surface area contributed by atoms with Gasteiger partial charge in [0, 0.05) is 11.3 Å². The third kappa shape index (κ3) is 4.08. The highest BCUT2D eigenvalue weighted by Gasteiger charge is 2.55. The van der Waals surface area contributed by atoms with Crippen LogP contribution in [0.3, 0.4) is 0 Å². The first-order valence-corrected chi connectivity index (χ1v) is 13.9. The lowest BCUT2D eigenvalue weighted by Crippen LogP contribution is -2.43. The van der Waals surface area contributed by atoms with E-state index in [0.717, 1.165) is 37.0 Å². The summed E-state index contributed by atoms with van der Waals surface area (Å²) in [6.07, 6.45) is 5.83. The second-order valence-electron chi connectivity index (χ2n) is 11.1. The van der Waals surface area contributed by atoms with Crippen LogP contribution in [-0.2, 0) is 27.8 Å². The molecular weight excluding hydrogens is 458 g/mol. The Morgan fingerprint density at radius 3 is 2.77 bits per heavy atom. The van der Waals surface area contributed by atoms with Crippen molar-refractivity contribution >= 4 is 28.2 Å². The van der Waals surface area contributed by atoms with Crippen molar-refractivity contribution in [1.29, 1.82) is 0 Å². The van der Waals surface area contributed by atoms with Crippen LogP contribution in [0, 0.1) is 17.8 Å². The van der Waals surface area contributed by atoms with Gasteiger partial charge in [-0.3, -0.25) is 4.79 Å². The fourth-order valence-corrected chi connectivity index (χ4v) is 8.55. The maximum absolute atomic E-state index is 13.2. The number of rotatable bonds is 6. The summed E-state index contributed by atoms with van der Waals surface area (Å²) in [5, 5.41) is 3.75. The van der Waals surface area contributed by atoms with Crippen LogP contribution in [0.15, 0.2) is 18.2 Å². The molecule has 5 rings (SSSR count). The summed E-state index contributed by atoms with van der Waals surface area (Å²) >= 11 is 1.60. The summed E-state index contributed by atoms with van der Waals surface area (Å²) in [6, 6.07) is 6.60. The number of hydrogen-bond donors (Lipinski definition) is 1. The molecule has 2 aromatic rings. The molecule has 1 fully saturated rings. The molecule has 0 saturated heterocycles. The Hall–Kier alpha value is -2.34. The van der Waals surface area contributed by atoms with Crippen LogP contribution < -0.4 is 10.1 Å². The number of amides is 1. The van der Waals surface area contributed by atoms with Crippen molar-refractivity contribution in [2.75, 3.05) is 19.0 Å². The Labute approximate surface area is 212 Å². The van der Waals surface area contributed by atoms with E-state index in [1.54, 1.807) is 18.4 Å². The van der Waals surface area contributed by atoms with Crippen molar-refractivity contribution in [2.45, 2.75) is 77.6 Å². The van der Waals surface area contributed by atoms with Crippen LogP contribution in [0.5, 0.6) is 5.75 Å². The third-order valence-corrected chi connectivity index (χ3v) is 9.73. The summed E-state index contributed by atoms with van der Waals surface area (Å²) in [5.41, 5.74) is 4.63. The summed E-state index contributed by atoms with van der Waals surface area (Å²) in [7, 11) is 1.73. The summed E-state index contributed by atoms with van der Waals surface area (Å²) in [4.78, 5) is 27.1. The highest BCUT2D eigenvalue weighted by Crippen LogP contribution is 2.63. The van der Waals surface area contributed by atoms with Gasteiger partial charge in [0.1, 0.15) is 10.8 Å². The molecule has 3 aliphatic carbocycles. The molecule has 0 bridgehead atoms. The highest BCUT2D eigenvalue weighted by atomic mass is 32.1. The van der Waals surface area contributed by atoms with Gasteiger partial charge >= 0.3 is 5.97 Å². The topological polar surface area (TPSA) is 64.6 Å². The lowest BCUT2D eigenvalue weighted by Gasteiger charge is -2.49. The van der Waals surface area contributed by atoms with E-state index < -0.39 is 0 Å². The lowest BCUT2D eigenvalue weighted by atomic mass is 9.54. The molecule has 35 heavy (non-hydrogen) atoms. The number of aryl methyl sites for hydroxylation is 1. The summed E-state index contributed by atoms with van der Waals surface area (Å²) < 4.78 is 11.0. The molecule has 0 unspecified atom stereocenters. The molecule has 1 saturated carbocycles. The zero-order valence-electron chi connectivity index (χ0n) is 21.5. The minimum Gasteiger partial charge on any atom is -0.497 e.